The van der Waals surface area contributed by atoms with E-state index in [1.807, 2.05) is 0 Å². The highest BCUT2D eigenvalue weighted by atomic mass is 14.9. The van der Waals surface area contributed by atoms with E-state index in [0.29, 0.717) is 5.41 Å². The smallest absolute Gasteiger partial charge is 0.0358 e. The van der Waals surface area contributed by atoms with Crippen LogP contribution in [0.15, 0.2) is 49.3 Å². The molecule has 0 saturated heterocycles. The van der Waals surface area contributed by atoms with Crippen LogP contribution < -0.4 is 5.32 Å². The van der Waals surface area contributed by atoms with Gasteiger partial charge in [0.25, 0.3) is 0 Å². The molecule has 0 heterocycles. The van der Waals surface area contributed by atoms with Crippen molar-refractivity contribution >= 4 is 0 Å². The minimum Gasteiger partial charge on any atom is -0.365 e. The molecule has 3 rings (SSSR count). The van der Waals surface area contributed by atoms with Gasteiger partial charge in [0.05, 0.1) is 0 Å². The third-order valence-electron chi connectivity index (χ3n) is 4.74. The number of rotatable bonds is 4. The van der Waals surface area contributed by atoms with Crippen LogP contribution >= 0.6 is 0 Å². The van der Waals surface area contributed by atoms with Crippen LogP contribution in [0.4, 0.5) is 0 Å². The van der Waals surface area contributed by atoms with Gasteiger partial charge in [0.1, 0.15) is 0 Å². The fourth-order valence-corrected chi connectivity index (χ4v) is 3.55. The molecule has 0 bridgehead atoms. The van der Waals surface area contributed by atoms with E-state index in [1.165, 1.54) is 36.8 Å². The molecule has 0 radical (unpaired) electrons. The number of hydrogen-bond acceptors (Lipinski definition) is 1. The van der Waals surface area contributed by atoms with E-state index in [-0.39, 0.29) is 5.41 Å². The summed E-state index contributed by atoms with van der Waals surface area (Å²) in [7, 11) is 0. The third kappa shape index (κ3) is 1.61. The van der Waals surface area contributed by atoms with E-state index in [0.717, 1.165) is 5.70 Å². The summed E-state index contributed by atoms with van der Waals surface area (Å²) < 4.78 is 0. The lowest BCUT2D eigenvalue weighted by molar-refractivity contribution is 0.149. The van der Waals surface area contributed by atoms with Gasteiger partial charge in [-0.1, -0.05) is 43.0 Å². The van der Waals surface area contributed by atoms with Gasteiger partial charge in [-0.3, -0.25) is 0 Å². The van der Waals surface area contributed by atoms with Gasteiger partial charge >= 0.3 is 0 Å². The topological polar surface area (TPSA) is 12.0 Å². The Kier molecular flexibility index (Phi) is 2.41. The maximum Gasteiger partial charge on any atom is 0.0358 e. The number of benzene rings is 1. The van der Waals surface area contributed by atoms with E-state index in [9.17, 15) is 0 Å². The maximum absolute atomic E-state index is 4.26. The molecule has 0 aromatic heterocycles. The number of hydrogen-bond donors (Lipinski definition) is 1. The molecule has 1 heteroatoms. The summed E-state index contributed by atoms with van der Waals surface area (Å²) >= 11 is 0. The number of allylic oxidation sites excluding steroid dienone is 1. The standard InChI is InChI=1S/C17H21N/c1-4-18-14(3)17(11-16(12-17)8-9-16)15-7-5-6-13(2)10-15/h4-7,10,18H,1,3,8-9,11-12H2,2H3. The van der Waals surface area contributed by atoms with Gasteiger partial charge in [0.15, 0.2) is 0 Å². The van der Waals surface area contributed by atoms with Crippen LogP contribution in [-0.4, -0.2) is 0 Å². The highest BCUT2D eigenvalue weighted by Crippen LogP contribution is 2.70. The molecular formula is C17H21N. The monoisotopic (exact) mass is 239 g/mol. The molecule has 2 fully saturated rings. The van der Waals surface area contributed by atoms with Crippen molar-refractivity contribution in [3.63, 3.8) is 0 Å². The van der Waals surface area contributed by atoms with E-state index in [2.05, 4.69) is 49.7 Å². The van der Waals surface area contributed by atoms with Crippen molar-refractivity contribution in [3.05, 3.63) is 60.4 Å². The maximum atomic E-state index is 4.26. The van der Waals surface area contributed by atoms with Crippen LogP contribution in [0, 0.1) is 12.3 Å². The van der Waals surface area contributed by atoms with Gasteiger partial charge in [-0.2, -0.15) is 0 Å². The zero-order valence-corrected chi connectivity index (χ0v) is 11.1. The first-order chi connectivity index (χ1) is 8.60. The van der Waals surface area contributed by atoms with Gasteiger partial charge in [-0.05, 0) is 49.8 Å². The molecule has 1 N–H and O–H groups in total. The average Bonchev–Trinajstić information content (AvgIpc) is 3.06. The molecule has 1 spiro atoms. The van der Waals surface area contributed by atoms with E-state index in [1.54, 1.807) is 6.20 Å². The molecule has 0 unspecified atom stereocenters. The summed E-state index contributed by atoms with van der Waals surface area (Å²) in [6, 6.07) is 8.88. The Morgan fingerprint density at radius 2 is 2.06 bits per heavy atom. The van der Waals surface area contributed by atoms with Crippen molar-refractivity contribution in [3.8, 4) is 0 Å². The SMILES string of the molecule is C=CNC(=C)C1(c2cccc(C)c2)CC2(CC2)C1. The molecular weight excluding hydrogens is 218 g/mol. The summed E-state index contributed by atoms with van der Waals surface area (Å²) in [6.07, 6.45) is 7.06. The second-order valence-electron chi connectivity index (χ2n) is 6.13. The molecule has 1 aromatic carbocycles. The van der Waals surface area contributed by atoms with Crippen LogP contribution in [0.5, 0.6) is 0 Å². The number of nitrogens with one attached hydrogen (secondary N) is 1. The predicted octanol–water partition coefficient (Wildman–Crippen LogP) is 4.05. The second-order valence-corrected chi connectivity index (χ2v) is 6.13. The van der Waals surface area contributed by atoms with Gasteiger partial charge in [-0.15, -0.1) is 0 Å². The highest BCUT2D eigenvalue weighted by Gasteiger charge is 2.62. The Morgan fingerprint density at radius 3 is 2.61 bits per heavy atom. The van der Waals surface area contributed by atoms with Crippen LogP contribution in [0.25, 0.3) is 0 Å². The van der Waals surface area contributed by atoms with Crippen LogP contribution in [0.3, 0.4) is 0 Å². The predicted molar refractivity (Wildman–Crippen MR) is 76.2 cm³/mol. The zero-order chi connectivity index (χ0) is 12.8. The third-order valence-corrected chi connectivity index (χ3v) is 4.74. The lowest BCUT2D eigenvalue weighted by atomic mass is 9.55. The summed E-state index contributed by atoms with van der Waals surface area (Å²) in [4.78, 5) is 0. The largest absolute Gasteiger partial charge is 0.365 e. The molecule has 94 valence electrons. The van der Waals surface area contributed by atoms with E-state index < -0.39 is 0 Å². The normalized spacial score (nSPS) is 22.1. The van der Waals surface area contributed by atoms with Crippen molar-refractivity contribution in [1.82, 2.24) is 5.32 Å². The summed E-state index contributed by atoms with van der Waals surface area (Å²) in [5.74, 6) is 0. The molecule has 0 atom stereocenters. The summed E-state index contributed by atoms with van der Waals surface area (Å²) in [5, 5.41) is 3.24. The fraction of sp³-hybridized carbons (Fsp3) is 0.412. The molecule has 1 aromatic rings. The summed E-state index contributed by atoms with van der Waals surface area (Å²) in [6.45, 7) is 10.2. The molecule has 2 aliphatic rings. The summed E-state index contributed by atoms with van der Waals surface area (Å²) in [5.41, 5.74) is 4.64. The van der Waals surface area contributed by atoms with Crippen LogP contribution in [0.1, 0.15) is 36.8 Å². The molecule has 0 amide bonds. The lowest BCUT2D eigenvalue weighted by Gasteiger charge is -2.50. The Bertz CT molecular complexity index is 500. The van der Waals surface area contributed by atoms with Crippen molar-refractivity contribution in [2.75, 3.05) is 0 Å². The molecule has 2 aliphatic carbocycles. The van der Waals surface area contributed by atoms with Crippen molar-refractivity contribution in [1.29, 1.82) is 0 Å². The number of aryl methyl sites for hydroxylation is 1. The van der Waals surface area contributed by atoms with Gasteiger partial charge in [0, 0.05) is 11.1 Å². The molecule has 18 heavy (non-hydrogen) atoms. The van der Waals surface area contributed by atoms with Gasteiger partial charge in [-0.25, -0.2) is 0 Å². The van der Waals surface area contributed by atoms with Crippen molar-refractivity contribution in [2.45, 2.75) is 38.0 Å². The van der Waals surface area contributed by atoms with Gasteiger partial charge in [0.2, 0.25) is 0 Å². The first-order valence-corrected chi connectivity index (χ1v) is 6.74. The Morgan fingerprint density at radius 1 is 1.33 bits per heavy atom. The Balaban J connectivity index is 1.95. The lowest BCUT2D eigenvalue weighted by Crippen LogP contribution is -2.46. The Labute approximate surface area is 110 Å². The average molecular weight is 239 g/mol. The highest BCUT2D eigenvalue weighted by molar-refractivity contribution is 5.43. The van der Waals surface area contributed by atoms with Crippen molar-refractivity contribution < 1.29 is 0 Å². The first-order valence-electron chi connectivity index (χ1n) is 6.74. The van der Waals surface area contributed by atoms with E-state index >= 15 is 0 Å². The van der Waals surface area contributed by atoms with Crippen molar-refractivity contribution in [2.24, 2.45) is 5.41 Å². The molecule has 1 nitrogen and oxygen atoms in total. The first kappa shape index (κ1) is 11.6. The molecule has 0 aliphatic heterocycles. The Hall–Kier alpha value is -1.50. The van der Waals surface area contributed by atoms with Crippen LogP contribution in [-0.2, 0) is 5.41 Å². The quantitative estimate of drug-likeness (QED) is 0.835. The van der Waals surface area contributed by atoms with Crippen LogP contribution in [0.2, 0.25) is 0 Å². The minimum absolute atomic E-state index is 0.136. The second kappa shape index (κ2) is 3.74. The van der Waals surface area contributed by atoms with E-state index in [4.69, 9.17) is 0 Å². The van der Waals surface area contributed by atoms with Gasteiger partial charge < -0.3 is 5.32 Å². The fourth-order valence-electron chi connectivity index (χ4n) is 3.55. The minimum atomic E-state index is 0.136. The zero-order valence-electron chi connectivity index (χ0n) is 11.1. The molecule has 2 saturated carbocycles.